The van der Waals surface area contributed by atoms with Crippen molar-refractivity contribution in [3.8, 4) is 5.88 Å². The lowest BCUT2D eigenvalue weighted by molar-refractivity contribution is 0.143. The van der Waals surface area contributed by atoms with Gasteiger partial charge in [-0.1, -0.05) is 11.6 Å². The van der Waals surface area contributed by atoms with Crippen LogP contribution in [0.1, 0.15) is 0 Å². The van der Waals surface area contributed by atoms with Crippen molar-refractivity contribution in [2.45, 2.75) is 0 Å². The van der Waals surface area contributed by atoms with E-state index in [1.165, 1.54) is 18.2 Å². The summed E-state index contributed by atoms with van der Waals surface area (Å²) < 4.78 is 17.4. The highest BCUT2D eigenvalue weighted by molar-refractivity contribution is 6.35. The number of ether oxygens (including phenoxy) is 1. The molecule has 0 saturated carbocycles. The molecule has 0 atom stereocenters. The molecule has 0 spiro atoms. The average Bonchev–Trinajstić information content (AvgIpc) is 2.54. The van der Waals surface area contributed by atoms with Crippen molar-refractivity contribution in [2.24, 2.45) is 0 Å². The summed E-state index contributed by atoms with van der Waals surface area (Å²) >= 11 is 5.67. The first-order valence-corrected chi connectivity index (χ1v) is 4.33. The minimum atomic E-state index is -1.45. The summed E-state index contributed by atoms with van der Waals surface area (Å²) in [5.74, 6) is -0.571. The van der Waals surface area contributed by atoms with E-state index in [0.29, 0.717) is 10.9 Å². The van der Waals surface area contributed by atoms with Crippen LogP contribution < -0.4 is 4.74 Å². The first-order chi connectivity index (χ1) is 7.08. The van der Waals surface area contributed by atoms with Gasteiger partial charge in [-0.25, -0.2) is 9.18 Å². The highest BCUT2D eigenvalue weighted by Crippen LogP contribution is 2.28. The number of carbonyl (C=O) groups is 1. The Morgan fingerprint density at radius 1 is 1.53 bits per heavy atom. The van der Waals surface area contributed by atoms with E-state index in [-0.39, 0.29) is 10.9 Å². The Kier molecular flexibility index (Phi) is 2.24. The minimum Gasteiger partial charge on any atom is -0.449 e. The van der Waals surface area contributed by atoms with Crippen molar-refractivity contribution in [3.63, 3.8) is 0 Å². The number of rotatable bonds is 1. The van der Waals surface area contributed by atoms with Gasteiger partial charge in [-0.3, -0.25) is 0 Å². The zero-order valence-electron chi connectivity index (χ0n) is 7.25. The van der Waals surface area contributed by atoms with Gasteiger partial charge in [-0.05, 0) is 12.1 Å². The van der Waals surface area contributed by atoms with Crippen LogP contribution in [0.3, 0.4) is 0 Å². The van der Waals surface area contributed by atoms with Crippen LogP contribution in [0.25, 0.3) is 10.9 Å². The molecule has 1 aromatic heterocycles. The first kappa shape index (κ1) is 9.79. The molecular formula is C9H5ClFNO3. The average molecular weight is 230 g/mol. The van der Waals surface area contributed by atoms with E-state index < -0.39 is 12.0 Å². The first-order valence-electron chi connectivity index (χ1n) is 3.95. The number of aromatic nitrogens is 1. The number of nitrogens with one attached hydrogen (secondary N) is 1. The lowest BCUT2D eigenvalue weighted by Gasteiger charge is -1.95. The van der Waals surface area contributed by atoms with Gasteiger partial charge in [0.1, 0.15) is 10.8 Å². The van der Waals surface area contributed by atoms with Crippen LogP contribution in [-0.2, 0) is 0 Å². The molecule has 1 aromatic carbocycles. The predicted octanol–water partition coefficient (Wildman–Crippen LogP) is 3.02. The Bertz CT molecular complexity index is 537. The second-order valence-electron chi connectivity index (χ2n) is 2.83. The Labute approximate surface area is 88.2 Å². The van der Waals surface area contributed by atoms with Crippen LogP contribution in [-0.4, -0.2) is 16.2 Å². The van der Waals surface area contributed by atoms with Crippen LogP contribution in [0.15, 0.2) is 18.2 Å². The summed E-state index contributed by atoms with van der Waals surface area (Å²) in [4.78, 5) is 12.8. The molecule has 0 aliphatic carbocycles. The molecule has 2 rings (SSSR count). The molecule has 2 N–H and O–H groups in total. The number of hydrogen-bond donors (Lipinski definition) is 2. The Balaban J connectivity index is 2.56. The molecule has 0 aliphatic heterocycles. The molecule has 4 nitrogen and oxygen atoms in total. The maximum absolute atomic E-state index is 13.0. The van der Waals surface area contributed by atoms with Gasteiger partial charge in [0.15, 0.2) is 0 Å². The van der Waals surface area contributed by atoms with Gasteiger partial charge in [0.25, 0.3) is 0 Å². The van der Waals surface area contributed by atoms with Gasteiger partial charge in [-0.2, -0.15) is 0 Å². The smallest absolute Gasteiger partial charge is 0.449 e. The van der Waals surface area contributed by atoms with E-state index >= 15 is 0 Å². The van der Waals surface area contributed by atoms with Gasteiger partial charge < -0.3 is 14.8 Å². The van der Waals surface area contributed by atoms with Crippen molar-refractivity contribution in [1.82, 2.24) is 4.98 Å². The zero-order chi connectivity index (χ0) is 11.0. The Morgan fingerprint density at radius 2 is 2.27 bits per heavy atom. The van der Waals surface area contributed by atoms with Gasteiger partial charge >= 0.3 is 6.16 Å². The molecule has 6 heteroatoms. The number of benzene rings is 1. The number of carboxylic acid groups (broad SMARTS) is 1. The Hall–Kier alpha value is -1.75. The number of H-pyrrole nitrogens is 1. The van der Waals surface area contributed by atoms with Crippen molar-refractivity contribution in [2.75, 3.05) is 0 Å². The minimum absolute atomic E-state index is 0.00463. The van der Waals surface area contributed by atoms with Crippen molar-refractivity contribution in [3.05, 3.63) is 29.0 Å². The third-order valence-electron chi connectivity index (χ3n) is 1.86. The SMILES string of the molecule is O=C(O)Oc1cc2ccc(F)c(Cl)c2[nH]1. The summed E-state index contributed by atoms with van der Waals surface area (Å²) in [6, 6.07) is 4.10. The molecule has 0 unspecified atom stereocenters. The molecule has 0 aliphatic rings. The monoisotopic (exact) mass is 229 g/mol. The van der Waals surface area contributed by atoms with Crippen LogP contribution in [0.4, 0.5) is 9.18 Å². The van der Waals surface area contributed by atoms with Crippen molar-refractivity contribution >= 4 is 28.7 Å². The quantitative estimate of drug-likeness (QED) is 0.739. The number of aromatic amines is 1. The fraction of sp³-hybridized carbons (Fsp3) is 0. The van der Waals surface area contributed by atoms with Gasteiger partial charge in [0.2, 0.25) is 5.88 Å². The molecule has 2 aromatic rings. The van der Waals surface area contributed by atoms with Crippen molar-refractivity contribution in [1.29, 1.82) is 0 Å². The molecule has 78 valence electrons. The lowest BCUT2D eigenvalue weighted by Crippen LogP contribution is -2.02. The summed E-state index contributed by atoms with van der Waals surface area (Å²) in [6.45, 7) is 0. The van der Waals surface area contributed by atoms with Crippen LogP contribution in [0.5, 0.6) is 5.88 Å². The highest BCUT2D eigenvalue weighted by atomic mass is 35.5. The summed E-state index contributed by atoms with van der Waals surface area (Å²) in [6.07, 6.45) is -1.45. The second-order valence-corrected chi connectivity index (χ2v) is 3.21. The van der Waals surface area contributed by atoms with Gasteiger partial charge in [0, 0.05) is 11.5 Å². The number of hydrogen-bond acceptors (Lipinski definition) is 2. The van der Waals surface area contributed by atoms with E-state index in [1.807, 2.05) is 0 Å². The van der Waals surface area contributed by atoms with E-state index in [1.54, 1.807) is 0 Å². The van der Waals surface area contributed by atoms with E-state index in [4.69, 9.17) is 16.7 Å². The highest BCUT2D eigenvalue weighted by Gasteiger charge is 2.10. The normalized spacial score (nSPS) is 10.5. The summed E-state index contributed by atoms with van der Waals surface area (Å²) in [5, 5.41) is 8.86. The Morgan fingerprint density at radius 3 is 2.93 bits per heavy atom. The molecule has 0 radical (unpaired) electrons. The van der Waals surface area contributed by atoms with Gasteiger partial charge in [0.05, 0.1) is 5.52 Å². The standard InChI is InChI=1S/C9H5ClFNO3/c10-7-5(11)2-1-4-3-6(12-8(4)7)15-9(13)14/h1-3,12H,(H,13,14). The molecule has 0 bridgehead atoms. The zero-order valence-corrected chi connectivity index (χ0v) is 8.01. The topological polar surface area (TPSA) is 62.3 Å². The maximum atomic E-state index is 13.0. The van der Waals surface area contributed by atoms with E-state index in [0.717, 1.165) is 0 Å². The van der Waals surface area contributed by atoms with Crippen LogP contribution >= 0.6 is 11.6 Å². The molecular weight excluding hydrogens is 225 g/mol. The summed E-state index contributed by atoms with van der Waals surface area (Å²) in [5.41, 5.74) is 0.313. The fourth-order valence-corrected chi connectivity index (χ4v) is 1.48. The second kappa shape index (κ2) is 3.43. The molecule has 15 heavy (non-hydrogen) atoms. The fourth-order valence-electron chi connectivity index (χ4n) is 1.26. The van der Waals surface area contributed by atoms with Crippen LogP contribution in [0.2, 0.25) is 5.02 Å². The molecule has 0 amide bonds. The third kappa shape index (κ3) is 1.73. The van der Waals surface area contributed by atoms with Crippen molar-refractivity contribution < 1.29 is 19.0 Å². The lowest BCUT2D eigenvalue weighted by atomic mass is 10.2. The third-order valence-corrected chi connectivity index (χ3v) is 2.23. The number of fused-ring (bicyclic) bond motifs is 1. The number of halogens is 2. The molecule has 0 saturated heterocycles. The summed E-state index contributed by atoms with van der Waals surface area (Å²) in [7, 11) is 0. The van der Waals surface area contributed by atoms with E-state index in [2.05, 4.69) is 9.72 Å². The largest absolute Gasteiger partial charge is 0.512 e. The molecule has 0 fully saturated rings. The molecule has 1 heterocycles. The maximum Gasteiger partial charge on any atom is 0.512 e. The van der Waals surface area contributed by atoms with Gasteiger partial charge in [-0.15, -0.1) is 0 Å². The predicted molar refractivity (Wildman–Crippen MR) is 51.9 cm³/mol. The van der Waals surface area contributed by atoms with E-state index in [9.17, 15) is 9.18 Å². The van der Waals surface area contributed by atoms with Crippen LogP contribution in [0, 0.1) is 5.82 Å².